The molecule has 0 saturated carbocycles. The van der Waals surface area contributed by atoms with E-state index >= 15 is 0 Å². The van der Waals surface area contributed by atoms with Gasteiger partial charge in [0.15, 0.2) is 0 Å². The van der Waals surface area contributed by atoms with E-state index in [1.165, 1.54) is 0 Å². The number of hydrogen-bond acceptors (Lipinski definition) is 5. The van der Waals surface area contributed by atoms with E-state index in [1.54, 1.807) is 6.07 Å². The third kappa shape index (κ3) is 3.20. The molecule has 0 radical (unpaired) electrons. The van der Waals surface area contributed by atoms with Crippen molar-refractivity contribution in [2.75, 3.05) is 24.2 Å². The third-order valence-electron chi connectivity index (χ3n) is 3.01. The largest absolute Gasteiger partial charge is 0.378 e. The predicted octanol–water partition coefficient (Wildman–Crippen LogP) is 1.94. The first-order valence-corrected chi connectivity index (χ1v) is 6.22. The number of nitrogens with zero attached hydrogens (tertiary/aromatic N) is 2. The first-order chi connectivity index (χ1) is 8.19. The summed E-state index contributed by atoms with van der Waals surface area (Å²) in [6.07, 6.45) is 2.47. The Labute approximate surface area is 106 Å². The van der Waals surface area contributed by atoms with Gasteiger partial charge < -0.3 is 15.8 Å². The molecule has 0 aliphatic carbocycles. The van der Waals surface area contributed by atoms with Crippen LogP contribution in [0.1, 0.15) is 19.8 Å². The lowest BCUT2D eigenvalue weighted by Crippen LogP contribution is -2.23. The van der Waals surface area contributed by atoms with Crippen LogP contribution in [0.3, 0.4) is 0 Å². The molecule has 1 fully saturated rings. The molecule has 0 spiro atoms. The molecule has 1 aliphatic rings. The monoisotopic (exact) mass is 256 g/mol. The fourth-order valence-electron chi connectivity index (χ4n) is 2.14. The molecule has 2 rings (SSSR count). The molecule has 1 saturated heterocycles. The van der Waals surface area contributed by atoms with Crippen molar-refractivity contribution in [2.24, 2.45) is 5.92 Å². The summed E-state index contributed by atoms with van der Waals surface area (Å²) in [6, 6.07) is 1.68. The van der Waals surface area contributed by atoms with Crippen LogP contribution in [0, 0.1) is 5.92 Å². The summed E-state index contributed by atoms with van der Waals surface area (Å²) < 4.78 is 5.63. The zero-order chi connectivity index (χ0) is 12.3. The Balaban J connectivity index is 1.93. The number of aromatic nitrogens is 2. The van der Waals surface area contributed by atoms with Gasteiger partial charge in [-0.1, -0.05) is 18.5 Å². The minimum Gasteiger partial charge on any atom is -0.378 e. The highest BCUT2D eigenvalue weighted by atomic mass is 35.5. The lowest BCUT2D eigenvalue weighted by atomic mass is 10.00. The summed E-state index contributed by atoms with van der Waals surface area (Å²) in [4.78, 5) is 7.89. The van der Waals surface area contributed by atoms with E-state index in [2.05, 4.69) is 22.2 Å². The van der Waals surface area contributed by atoms with Gasteiger partial charge in [-0.05, 0) is 12.8 Å². The maximum atomic E-state index is 5.81. The van der Waals surface area contributed by atoms with Crippen molar-refractivity contribution in [2.45, 2.75) is 25.9 Å². The zero-order valence-corrected chi connectivity index (χ0v) is 10.6. The molecule has 1 aliphatic heterocycles. The SMILES string of the molecule is CCC1OCCC1CNc1cc(Cl)nc(N)n1. The molecule has 1 aromatic rings. The molecular formula is C11H17ClN4O. The number of nitrogens with one attached hydrogen (secondary N) is 1. The van der Waals surface area contributed by atoms with Gasteiger partial charge in [0, 0.05) is 25.1 Å². The van der Waals surface area contributed by atoms with Gasteiger partial charge in [-0.15, -0.1) is 0 Å². The average molecular weight is 257 g/mol. The van der Waals surface area contributed by atoms with Crippen molar-refractivity contribution in [1.82, 2.24) is 9.97 Å². The molecule has 17 heavy (non-hydrogen) atoms. The van der Waals surface area contributed by atoms with Gasteiger partial charge in [0.2, 0.25) is 5.95 Å². The van der Waals surface area contributed by atoms with Crippen LogP contribution < -0.4 is 11.1 Å². The van der Waals surface area contributed by atoms with Crippen LogP contribution in [-0.2, 0) is 4.74 Å². The molecule has 2 atom stereocenters. The number of hydrogen-bond donors (Lipinski definition) is 2. The highest BCUT2D eigenvalue weighted by Crippen LogP contribution is 2.24. The average Bonchev–Trinajstić information content (AvgIpc) is 2.72. The van der Waals surface area contributed by atoms with Crippen molar-refractivity contribution in [1.29, 1.82) is 0 Å². The fraction of sp³-hybridized carbons (Fsp3) is 0.636. The lowest BCUT2D eigenvalue weighted by Gasteiger charge is -2.17. The van der Waals surface area contributed by atoms with Gasteiger partial charge in [-0.3, -0.25) is 0 Å². The molecule has 0 aromatic carbocycles. The van der Waals surface area contributed by atoms with E-state index in [1.807, 2.05) is 0 Å². The lowest BCUT2D eigenvalue weighted by molar-refractivity contribution is 0.0900. The van der Waals surface area contributed by atoms with Crippen molar-refractivity contribution < 1.29 is 4.74 Å². The number of rotatable bonds is 4. The quantitative estimate of drug-likeness (QED) is 0.806. The van der Waals surface area contributed by atoms with Crippen LogP contribution in [-0.4, -0.2) is 29.2 Å². The van der Waals surface area contributed by atoms with E-state index in [4.69, 9.17) is 22.1 Å². The smallest absolute Gasteiger partial charge is 0.223 e. The highest BCUT2D eigenvalue weighted by molar-refractivity contribution is 6.29. The van der Waals surface area contributed by atoms with Crippen molar-refractivity contribution in [3.63, 3.8) is 0 Å². The summed E-state index contributed by atoms with van der Waals surface area (Å²) in [6.45, 7) is 3.81. The van der Waals surface area contributed by atoms with E-state index in [0.29, 0.717) is 23.0 Å². The van der Waals surface area contributed by atoms with Crippen LogP contribution in [0.5, 0.6) is 0 Å². The van der Waals surface area contributed by atoms with Crippen LogP contribution in [0.4, 0.5) is 11.8 Å². The molecule has 94 valence electrons. The molecular weight excluding hydrogens is 240 g/mol. The Hall–Kier alpha value is -1.07. The van der Waals surface area contributed by atoms with Gasteiger partial charge in [-0.25, -0.2) is 4.98 Å². The Morgan fingerprint density at radius 3 is 3.12 bits per heavy atom. The summed E-state index contributed by atoms with van der Waals surface area (Å²) in [7, 11) is 0. The van der Waals surface area contributed by atoms with E-state index in [-0.39, 0.29) is 5.95 Å². The fourth-order valence-corrected chi connectivity index (χ4v) is 2.33. The first kappa shape index (κ1) is 12.4. The van der Waals surface area contributed by atoms with Gasteiger partial charge in [0.05, 0.1) is 6.10 Å². The second-order valence-electron chi connectivity index (χ2n) is 4.18. The summed E-state index contributed by atoms with van der Waals surface area (Å²) in [5.41, 5.74) is 5.53. The summed E-state index contributed by atoms with van der Waals surface area (Å²) in [5, 5.41) is 3.59. The molecule has 2 unspecified atom stereocenters. The molecule has 6 heteroatoms. The van der Waals surface area contributed by atoms with E-state index < -0.39 is 0 Å². The molecule has 1 aromatic heterocycles. The second kappa shape index (κ2) is 5.51. The van der Waals surface area contributed by atoms with Gasteiger partial charge >= 0.3 is 0 Å². The number of nitrogens with two attached hydrogens (primary N) is 1. The molecule has 0 bridgehead atoms. The van der Waals surface area contributed by atoms with Crippen LogP contribution in [0.15, 0.2) is 6.07 Å². The predicted molar refractivity (Wildman–Crippen MR) is 68.1 cm³/mol. The Kier molecular flexibility index (Phi) is 4.02. The number of nitrogen functional groups attached to an aromatic ring is 1. The second-order valence-corrected chi connectivity index (χ2v) is 4.57. The number of anilines is 2. The number of ether oxygens (including phenoxy) is 1. The Bertz CT molecular complexity index is 367. The maximum Gasteiger partial charge on any atom is 0.223 e. The summed E-state index contributed by atoms with van der Waals surface area (Å²) >= 11 is 5.81. The summed E-state index contributed by atoms with van der Waals surface area (Å²) in [5.74, 6) is 1.38. The maximum absolute atomic E-state index is 5.81. The molecule has 2 heterocycles. The van der Waals surface area contributed by atoms with Crippen molar-refractivity contribution >= 4 is 23.4 Å². The van der Waals surface area contributed by atoms with Crippen molar-refractivity contribution in [3.05, 3.63) is 11.2 Å². The number of halogens is 1. The third-order valence-corrected chi connectivity index (χ3v) is 3.20. The van der Waals surface area contributed by atoms with Gasteiger partial charge in [-0.2, -0.15) is 4.98 Å². The Morgan fingerprint density at radius 2 is 2.41 bits per heavy atom. The molecule has 5 nitrogen and oxygen atoms in total. The van der Waals surface area contributed by atoms with E-state index in [0.717, 1.165) is 26.0 Å². The van der Waals surface area contributed by atoms with Crippen LogP contribution >= 0.6 is 11.6 Å². The van der Waals surface area contributed by atoms with Crippen LogP contribution in [0.2, 0.25) is 5.15 Å². The first-order valence-electron chi connectivity index (χ1n) is 5.84. The standard InChI is InChI=1S/C11H17ClN4O/c1-2-8-7(3-4-17-8)6-14-10-5-9(12)15-11(13)16-10/h5,7-8H,2-4,6H2,1H3,(H3,13,14,15,16). The van der Waals surface area contributed by atoms with Gasteiger partial charge in [0.25, 0.3) is 0 Å². The normalized spacial score (nSPS) is 23.9. The minimum atomic E-state index is 0.190. The molecule has 0 amide bonds. The van der Waals surface area contributed by atoms with Crippen LogP contribution in [0.25, 0.3) is 0 Å². The minimum absolute atomic E-state index is 0.190. The topological polar surface area (TPSA) is 73.1 Å². The van der Waals surface area contributed by atoms with E-state index in [9.17, 15) is 0 Å². The highest BCUT2D eigenvalue weighted by Gasteiger charge is 2.26. The Morgan fingerprint density at radius 1 is 1.59 bits per heavy atom. The molecule has 3 N–H and O–H groups in total. The van der Waals surface area contributed by atoms with Gasteiger partial charge in [0.1, 0.15) is 11.0 Å². The zero-order valence-electron chi connectivity index (χ0n) is 9.82. The van der Waals surface area contributed by atoms with Crippen molar-refractivity contribution in [3.8, 4) is 0 Å².